The summed E-state index contributed by atoms with van der Waals surface area (Å²) < 4.78 is 62.1. The number of hydrogen-bond acceptors (Lipinski definition) is 11. The summed E-state index contributed by atoms with van der Waals surface area (Å²) in [7, 11) is 0. The van der Waals surface area contributed by atoms with Crippen LogP contribution < -0.4 is 0 Å². The Morgan fingerprint density at radius 1 is 0.667 bits per heavy atom. The van der Waals surface area contributed by atoms with Crippen molar-refractivity contribution in [3.63, 3.8) is 0 Å². The number of aliphatic hydroxyl groups excluding tert-OH is 1. The van der Waals surface area contributed by atoms with E-state index in [-0.39, 0.29) is 13.2 Å². The molecule has 5 fully saturated rings. The van der Waals surface area contributed by atoms with E-state index in [1.54, 1.807) is 0 Å². The molecule has 218 valence electrons. The van der Waals surface area contributed by atoms with Crippen molar-refractivity contribution in [2.75, 3.05) is 13.2 Å². The second-order valence-corrected chi connectivity index (χ2v) is 12.1. The minimum absolute atomic E-state index is 0.100. The van der Waals surface area contributed by atoms with Crippen LogP contribution in [0, 0.1) is 0 Å². The predicted molar refractivity (Wildman–Crippen MR) is 133 cm³/mol. The summed E-state index contributed by atoms with van der Waals surface area (Å²) in [5, 5.41) is 10.1. The standard InChI is InChI=1S/C28H40O11/c1-26(2)34-18-16(12-29)32-24(22(20(18)36-26)30-13-15-10-8-7-9-11-15)31-14-17-19-21(37-27(3,4)35-19)23-25(33-17)39-28(5,6)38-23/h7-11,16-25,29H,12-14H2,1-6H3/t16-,17-,18+,19+,20+,21+,22-,23-,24-,25-/m1/s1. The lowest BCUT2D eigenvalue weighted by atomic mass is 9.98. The van der Waals surface area contributed by atoms with Gasteiger partial charge >= 0.3 is 0 Å². The van der Waals surface area contributed by atoms with E-state index in [9.17, 15) is 5.11 Å². The largest absolute Gasteiger partial charge is 0.394 e. The maximum absolute atomic E-state index is 10.1. The average molecular weight is 553 g/mol. The molecular weight excluding hydrogens is 512 g/mol. The van der Waals surface area contributed by atoms with E-state index >= 15 is 0 Å². The minimum Gasteiger partial charge on any atom is -0.394 e. The predicted octanol–water partition coefficient (Wildman–Crippen LogP) is 2.22. The molecule has 39 heavy (non-hydrogen) atoms. The van der Waals surface area contributed by atoms with E-state index in [0.717, 1.165) is 5.56 Å². The Bertz CT molecular complexity index is 1000. The Kier molecular flexibility index (Phi) is 7.34. The number of benzene rings is 1. The molecule has 0 amide bonds. The molecule has 0 saturated carbocycles. The number of fused-ring (bicyclic) bond motifs is 4. The molecule has 11 nitrogen and oxygen atoms in total. The molecule has 0 aliphatic carbocycles. The van der Waals surface area contributed by atoms with Gasteiger partial charge in [0, 0.05) is 0 Å². The maximum Gasteiger partial charge on any atom is 0.190 e. The molecular formula is C28H40O11. The van der Waals surface area contributed by atoms with Gasteiger partial charge in [0.05, 0.1) is 19.8 Å². The Morgan fingerprint density at radius 3 is 1.95 bits per heavy atom. The number of ether oxygens (including phenoxy) is 10. The Hall–Kier alpha value is -1.22. The summed E-state index contributed by atoms with van der Waals surface area (Å²) in [4.78, 5) is 0. The first-order valence-corrected chi connectivity index (χ1v) is 13.7. The van der Waals surface area contributed by atoms with Gasteiger partial charge in [0.25, 0.3) is 0 Å². The normalized spacial score (nSPS) is 43.6. The highest BCUT2D eigenvalue weighted by Crippen LogP contribution is 2.45. The van der Waals surface area contributed by atoms with Gasteiger partial charge in [-0.05, 0) is 47.1 Å². The van der Waals surface area contributed by atoms with Crippen LogP contribution in [-0.4, -0.2) is 97.1 Å². The zero-order valence-electron chi connectivity index (χ0n) is 23.3. The molecule has 0 bridgehead atoms. The molecule has 5 aliphatic rings. The Labute approximate surface area is 228 Å². The first-order valence-electron chi connectivity index (χ1n) is 13.7. The molecule has 1 aromatic rings. The van der Waals surface area contributed by atoms with Gasteiger partial charge in [0.15, 0.2) is 29.9 Å². The van der Waals surface area contributed by atoms with E-state index in [1.165, 1.54) is 0 Å². The molecule has 0 unspecified atom stereocenters. The Balaban J connectivity index is 1.20. The molecule has 5 aliphatic heterocycles. The number of rotatable bonds is 7. The summed E-state index contributed by atoms with van der Waals surface area (Å²) in [5.74, 6) is -2.50. The molecule has 1 aromatic carbocycles. The third-order valence-corrected chi connectivity index (χ3v) is 7.57. The maximum atomic E-state index is 10.1. The van der Waals surface area contributed by atoms with Crippen molar-refractivity contribution in [3.8, 4) is 0 Å². The fraction of sp³-hybridized carbons (Fsp3) is 0.786. The molecule has 6 rings (SSSR count). The van der Waals surface area contributed by atoms with E-state index in [2.05, 4.69) is 0 Å². The molecule has 5 saturated heterocycles. The smallest absolute Gasteiger partial charge is 0.190 e. The molecule has 5 heterocycles. The van der Waals surface area contributed by atoms with Crippen molar-refractivity contribution in [1.29, 1.82) is 0 Å². The lowest BCUT2D eigenvalue weighted by molar-refractivity contribution is -0.310. The van der Waals surface area contributed by atoms with Crippen LogP contribution in [0.25, 0.3) is 0 Å². The van der Waals surface area contributed by atoms with Crippen molar-refractivity contribution in [3.05, 3.63) is 35.9 Å². The average Bonchev–Trinajstić information content (AvgIpc) is 3.49. The minimum atomic E-state index is -0.864. The van der Waals surface area contributed by atoms with Gasteiger partial charge < -0.3 is 52.5 Å². The summed E-state index contributed by atoms with van der Waals surface area (Å²) in [6.07, 6.45) is -5.61. The SMILES string of the molecule is CC1(C)O[C@H]2[C@@H](O1)[C@@H](CO)O[C@@H](OC[C@H]1O[C@@H]3OC(C)(C)O[C@@H]3[C@H]3OC(C)(C)O[C@H]31)[C@@H]2OCc1ccccc1. The lowest BCUT2D eigenvalue weighted by Gasteiger charge is -2.42. The van der Waals surface area contributed by atoms with Crippen LogP contribution in [0.2, 0.25) is 0 Å². The fourth-order valence-electron chi connectivity index (χ4n) is 6.08. The lowest BCUT2D eigenvalue weighted by Crippen LogP contribution is -2.60. The van der Waals surface area contributed by atoms with Crippen molar-refractivity contribution in [1.82, 2.24) is 0 Å². The van der Waals surface area contributed by atoms with Crippen molar-refractivity contribution < 1.29 is 52.5 Å². The first kappa shape index (κ1) is 27.9. The van der Waals surface area contributed by atoms with E-state index < -0.39 is 78.8 Å². The third-order valence-electron chi connectivity index (χ3n) is 7.57. The van der Waals surface area contributed by atoms with Crippen molar-refractivity contribution >= 4 is 0 Å². The van der Waals surface area contributed by atoms with Crippen LogP contribution in [0.1, 0.15) is 47.1 Å². The summed E-state index contributed by atoms with van der Waals surface area (Å²) >= 11 is 0. The van der Waals surface area contributed by atoms with Gasteiger partial charge in [-0.2, -0.15) is 0 Å². The van der Waals surface area contributed by atoms with E-state index in [1.807, 2.05) is 71.9 Å². The second-order valence-electron chi connectivity index (χ2n) is 12.1. The van der Waals surface area contributed by atoms with Crippen molar-refractivity contribution in [2.24, 2.45) is 0 Å². The number of hydrogen-bond donors (Lipinski definition) is 1. The molecule has 0 spiro atoms. The summed E-state index contributed by atoms with van der Waals surface area (Å²) in [6, 6.07) is 9.84. The van der Waals surface area contributed by atoms with Gasteiger partial charge in [-0.25, -0.2) is 0 Å². The van der Waals surface area contributed by atoms with Crippen LogP contribution >= 0.6 is 0 Å². The second kappa shape index (κ2) is 10.2. The molecule has 10 atom stereocenters. The van der Waals surface area contributed by atoms with Gasteiger partial charge in [0.1, 0.15) is 48.8 Å². The van der Waals surface area contributed by atoms with Gasteiger partial charge in [-0.15, -0.1) is 0 Å². The molecule has 11 heteroatoms. The first-order chi connectivity index (χ1) is 18.4. The topological polar surface area (TPSA) is 113 Å². The highest BCUT2D eigenvalue weighted by atomic mass is 16.9. The molecule has 0 radical (unpaired) electrons. The monoisotopic (exact) mass is 552 g/mol. The van der Waals surface area contributed by atoms with Crippen molar-refractivity contribution in [2.45, 2.75) is 127 Å². The molecule has 1 N–H and O–H groups in total. The fourth-order valence-corrected chi connectivity index (χ4v) is 6.08. The van der Waals surface area contributed by atoms with Crippen LogP contribution in [-0.2, 0) is 54.0 Å². The van der Waals surface area contributed by atoms with E-state index in [0.29, 0.717) is 6.61 Å². The van der Waals surface area contributed by atoms with Gasteiger partial charge in [-0.1, -0.05) is 30.3 Å². The summed E-state index contributed by atoms with van der Waals surface area (Å²) in [5.41, 5.74) is 1.000. The van der Waals surface area contributed by atoms with Gasteiger partial charge in [-0.3, -0.25) is 0 Å². The zero-order chi connectivity index (χ0) is 27.6. The summed E-state index contributed by atoms with van der Waals surface area (Å²) in [6.45, 7) is 11.3. The van der Waals surface area contributed by atoms with Crippen LogP contribution in [0.3, 0.4) is 0 Å². The zero-order valence-corrected chi connectivity index (χ0v) is 23.3. The van der Waals surface area contributed by atoms with Gasteiger partial charge in [0.2, 0.25) is 0 Å². The number of aliphatic hydroxyl groups is 1. The Morgan fingerprint density at radius 2 is 1.26 bits per heavy atom. The quantitative estimate of drug-likeness (QED) is 0.537. The highest BCUT2D eigenvalue weighted by Gasteiger charge is 2.61. The van der Waals surface area contributed by atoms with Crippen LogP contribution in [0.4, 0.5) is 0 Å². The highest BCUT2D eigenvalue weighted by molar-refractivity contribution is 5.13. The van der Waals surface area contributed by atoms with E-state index in [4.69, 9.17) is 47.4 Å². The van der Waals surface area contributed by atoms with Crippen LogP contribution in [0.5, 0.6) is 0 Å². The van der Waals surface area contributed by atoms with Crippen LogP contribution in [0.15, 0.2) is 30.3 Å². The third kappa shape index (κ3) is 5.64. The molecule has 0 aromatic heterocycles.